The van der Waals surface area contributed by atoms with Crippen LogP contribution in [0.3, 0.4) is 0 Å². The Hall–Kier alpha value is -0.893. The second-order valence-electron chi connectivity index (χ2n) is 3.32. The highest BCUT2D eigenvalue weighted by Gasteiger charge is 2.40. The van der Waals surface area contributed by atoms with Gasteiger partial charge < -0.3 is 13.3 Å². The Morgan fingerprint density at radius 2 is 1.35 bits per heavy atom. The lowest BCUT2D eigenvalue weighted by atomic mass is 10.2. The Kier molecular flexibility index (Phi) is 4.69. The summed E-state index contributed by atoms with van der Waals surface area (Å²) >= 11 is 0. The first-order chi connectivity index (χ1) is 7.98. The maximum absolute atomic E-state index is 13.4. The van der Waals surface area contributed by atoms with Crippen molar-refractivity contribution < 1.29 is 26.4 Å². The van der Waals surface area contributed by atoms with Crippen LogP contribution in [0.2, 0.25) is 0 Å². The van der Waals surface area contributed by atoms with E-state index in [2.05, 4.69) is 0 Å². The lowest BCUT2D eigenvalue weighted by Crippen LogP contribution is -2.46. The summed E-state index contributed by atoms with van der Waals surface area (Å²) in [7, 11) is 0.855. The third kappa shape index (κ3) is 3.06. The van der Waals surface area contributed by atoms with E-state index in [4.69, 9.17) is 13.3 Å². The zero-order chi connectivity index (χ0) is 13.1. The average Bonchev–Trinajstić information content (AvgIpc) is 2.29. The van der Waals surface area contributed by atoms with Crippen molar-refractivity contribution in [1.82, 2.24) is 0 Å². The minimum atomic E-state index is -3.14. The fourth-order valence-corrected chi connectivity index (χ4v) is 3.13. The summed E-state index contributed by atoms with van der Waals surface area (Å²) in [6.07, 6.45) is 0. The SMILES string of the molecule is CO[Si](Cc1c(F)cc(F)cc1F)(OC)OC. The molecule has 0 aliphatic carbocycles. The fraction of sp³-hybridized carbons (Fsp3) is 0.400. The topological polar surface area (TPSA) is 27.7 Å². The van der Waals surface area contributed by atoms with Crippen molar-refractivity contribution in [2.24, 2.45) is 0 Å². The van der Waals surface area contributed by atoms with Gasteiger partial charge in [0.15, 0.2) is 0 Å². The second kappa shape index (κ2) is 5.63. The molecule has 1 aromatic rings. The molecule has 3 nitrogen and oxygen atoms in total. The van der Waals surface area contributed by atoms with Crippen LogP contribution in [-0.4, -0.2) is 30.1 Å². The van der Waals surface area contributed by atoms with Gasteiger partial charge in [-0.05, 0) is 0 Å². The van der Waals surface area contributed by atoms with Crippen LogP contribution in [0.25, 0.3) is 0 Å². The molecule has 0 N–H and O–H groups in total. The van der Waals surface area contributed by atoms with Gasteiger partial charge in [-0.25, -0.2) is 13.2 Å². The van der Waals surface area contributed by atoms with E-state index in [9.17, 15) is 13.2 Å². The molecule has 0 heterocycles. The molecule has 0 saturated carbocycles. The minimum absolute atomic E-state index is 0.200. The third-order valence-electron chi connectivity index (χ3n) is 2.43. The number of benzene rings is 1. The Balaban J connectivity index is 3.09. The molecule has 0 radical (unpaired) electrons. The quantitative estimate of drug-likeness (QED) is 0.764. The molecule has 1 aromatic carbocycles. The molecule has 0 amide bonds. The Morgan fingerprint density at radius 1 is 0.941 bits per heavy atom. The molecule has 0 unspecified atom stereocenters. The van der Waals surface area contributed by atoms with Gasteiger partial charge in [-0.2, -0.15) is 0 Å². The first-order valence-corrected chi connectivity index (χ1v) is 6.70. The third-order valence-corrected chi connectivity index (χ3v) is 5.08. The van der Waals surface area contributed by atoms with Crippen molar-refractivity contribution in [2.75, 3.05) is 21.3 Å². The summed E-state index contributed by atoms with van der Waals surface area (Å²) < 4.78 is 54.7. The van der Waals surface area contributed by atoms with Crippen molar-refractivity contribution in [3.05, 3.63) is 35.1 Å². The van der Waals surface area contributed by atoms with Crippen molar-refractivity contribution in [3.63, 3.8) is 0 Å². The van der Waals surface area contributed by atoms with Gasteiger partial charge in [0.25, 0.3) is 0 Å². The largest absolute Gasteiger partial charge is 0.504 e. The molecular formula is C10H13F3O3Si. The predicted octanol–water partition coefficient (Wildman–Crippen LogP) is 2.06. The van der Waals surface area contributed by atoms with Crippen LogP contribution in [0.15, 0.2) is 12.1 Å². The van der Waals surface area contributed by atoms with Gasteiger partial charge >= 0.3 is 8.80 Å². The maximum Gasteiger partial charge on any atom is 0.504 e. The molecule has 96 valence electrons. The summed E-state index contributed by atoms with van der Waals surface area (Å²) in [4.78, 5) is 0. The molecule has 1 rings (SSSR count). The van der Waals surface area contributed by atoms with E-state index < -0.39 is 26.3 Å². The van der Waals surface area contributed by atoms with E-state index in [1.807, 2.05) is 0 Å². The summed E-state index contributed by atoms with van der Waals surface area (Å²) in [6, 6.07) is 1.02. The van der Waals surface area contributed by atoms with Crippen LogP contribution in [-0.2, 0) is 19.3 Å². The van der Waals surface area contributed by atoms with Crippen molar-refractivity contribution in [3.8, 4) is 0 Å². The number of hydrogen-bond acceptors (Lipinski definition) is 3. The summed E-state index contributed by atoms with van der Waals surface area (Å²) in [5, 5.41) is 0. The molecule has 0 aliphatic rings. The molecule has 0 spiro atoms. The molecule has 0 saturated heterocycles. The monoisotopic (exact) mass is 266 g/mol. The fourth-order valence-electron chi connectivity index (χ4n) is 1.42. The first kappa shape index (κ1) is 14.2. The molecule has 0 aromatic heterocycles. The Bertz CT molecular complexity index is 365. The second-order valence-corrected chi connectivity index (χ2v) is 6.26. The van der Waals surface area contributed by atoms with Gasteiger partial charge in [-0.1, -0.05) is 0 Å². The lowest BCUT2D eigenvalue weighted by Gasteiger charge is -2.24. The highest BCUT2D eigenvalue weighted by atomic mass is 28.4. The highest BCUT2D eigenvalue weighted by molar-refractivity contribution is 6.60. The van der Waals surface area contributed by atoms with Gasteiger partial charge in [0, 0.05) is 45.1 Å². The number of hydrogen-bond donors (Lipinski definition) is 0. The summed E-state index contributed by atoms with van der Waals surface area (Å²) in [5.41, 5.74) is -0.302. The van der Waals surface area contributed by atoms with Crippen LogP contribution < -0.4 is 0 Å². The predicted molar refractivity (Wildman–Crippen MR) is 56.8 cm³/mol. The Morgan fingerprint density at radius 3 is 1.71 bits per heavy atom. The zero-order valence-electron chi connectivity index (χ0n) is 9.72. The zero-order valence-corrected chi connectivity index (χ0v) is 10.7. The van der Waals surface area contributed by atoms with Gasteiger partial charge in [-0.15, -0.1) is 0 Å². The normalized spacial score (nSPS) is 11.9. The van der Waals surface area contributed by atoms with Crippen molar-refractivity contribution in [1.29, 1.82) is 0 Å². The summed E-state index contributed by atoms with van der Waals surface area (Å²) in [6.45, 7) is 0. The number of rotatable bonds is 5. The number of halogens is 3. The summed E-state index contributed by atoms with van der Waals surface area (Å²) in [5.74, 6) is -2.93. The van der Waals surface area contributed by atoms with Crippen LogP contribution in [0.5, 0.6) is 0 Å². The van der Waals surface area contributed by atoms with E-state index in [1.165, 1.54) is 21.3 Å². The first-order valence-electron chi connectivity index (χ1n) is 4.77. The van der Waals surface area contributed by atoms with Crippen LogP contribution in [0, 0.1) is 17.5 Å². The van der Waals surface area contributed by atoms with Crippen molar-refractivity contribution in [2.45, 2.75) is 6.04 Å². The maximum atomic E-state index is 13.4. The molecule has 0 aliphatic heterocycles. The molecule has 0 fully saturated rings. The van der Waals surface area contributed by atoms with E-state index in [-0.39, 0.29) is 11.6 Å². The van der Waals surface area contributed by atoms with E-state index in [0.29, 0.717) is 12.1 Å². The standard InChI is InChI=1S/C10H13F3O3Si/c1-14-17(15-2,16-3)6-8-9(12)4-7(11)5-10(8)13/h4-5H,6H2,1-3H3. The van der Waals surface area contributed by atoms with Gasteiger partial charge in [0.2, 0.25) is 0 Å². The van der Waals surface area contributed by atoms with Crippen LogP contribution >= 0.6 is 0 Å². The molecule has 0 bridgehead atoms. The minimum Gasteiger partial charge on any atom is -0.377 e. The van der Waals surface area contributed by atoms with E-state index >= 15 is 0 Å². The van der Waals surface area contributed by atoms with Gasteiger partial charge in [0.1, 0.15) is 17.5 Å². The highest BCUT2D eigenvalue weighted by Crippen LogP contribution is 2.21. The molecule has 0 atom stereocenters. The van der Waals surface area contributed by atoms with Gasteiger partial charge in [-0.3, -0.25) is 0 Å². The Labute approximate surface area is 98.5 Å². The molecule has 17 heavy (non-hydrogen) atoms. The lowest BCUT2D eigenvalue weighted by molar-refractivity contribution is 0.122. The van der Waals surface area contributed by atoms with E-state index in [1.54, 1.807) is 0 Å². The van der Waals surface area contributed by atoms with Crippen molar-refractivity contribution >= 4 is 8.80 Å². The smallest absolute Gasteiger partial charge is 0.377 e. The van der Waals surface area contributed by atoms with E-state index in [0.717, 1.165) is 0 Å². The van der Waals surface area contributed by atoms with Gasteiger partial charge in [0.05, 0.1) is 0 Å². The van der Waals surface area contributed by atoms with Crippen LogP contribution in [0.4, 0.5) is 13.2 Å². The average molecular weight is 266 g/mol. The molecule has 7 heteroatoms. The molecular weight excluding hydrogens is 253 g/mol. The van der Waals surface area contributed by atoms with Crippen LogP contribution in [0.1, 0.15) is 5.56 Å².